The molecule has 1 atom stereocenters. The van der Waals surface area contributed by atoms with Crippen LogP contribution in [0.4, 0.5) is 5.95 Å². The first-order valence-electron chi connectivity index (χ1n) is 6.17. The third-order valence-electron chi connectivity index (χ3n) is 2.87. The Balaban J connectivity index is 1.94. The maximum Gasteiger partial charge on any atom is 0.240 e. The largest absolute Gasteiger partial charge is 0.324 e. The number of nitrogens with zero attached hydrogens (tertiary/aromatic N) is 1. The van der Waals surface area contributed by atoms with E-state index < -0.39 is 0 Å². The number of amides is 1. The fourth-order valence-electron chi connectivity index (χ4n) is 1.60. The van der Waals surface area contributed by atoms with E-state index in [1.807, 2.05) is 24.3 Å². The van der Waals surface area contributed by atoms with Gasteiger partial charge in [-0.1, -0.05) is 19.1 Å². The van der Waals surface area contributed by atoms with E-state index in [-0.39, 0.29) is 5.91 Å². The van der Waals surface area contributed by atoms with Crippen molar-refractivity contribution in [1.29, 1.82) is 0 Å². The van der Waals surface area contributed by atoms with Gasteiger partial charge < -0.3 is 10.3 Å². The number of aromatic nitrogens is 2. The first-order chi connectivity index (χ1) is 8.69. The second-order valence-corrected chi connectivity index (χ2v) is 4.34. The van der Waals surface area contributed by atoms with Crippen molar-refractivity contribution in [3.63, 3.8) is 0 Å². The van der Waals surface area contributed by atoms with Crippen molar-refractivity contribution < 1.29 is 4.79 Å². The van der Waals surface area contributed by atoms with Crippen LogP contribution in [-0.4, -0.2) is 28.5 Å². The van der Waals surface area contributed by atoms with Crippen molar-refractivity contribution in [3.05, 3.63) is 24.3 Å². The number of aromatic amines is 1. The van der Waals surface area contributed by atoms with Crippen LogP contribution in [0.1, 0.15) is 20.3 Å². The van der Waals surface area contributed by atoms with Crippen molar-refractivity contribution in [2.24, 2.45) is 0 Å². The molecule has 2 aromatic rings. The number of benzene rings is 1. The molecule has 1 heterocycles. The summed E-state index contributed by atoms with van der Waals surface area (Å²) in [5.41, 5.74) is 1.77. The van der Waals surface area contributed by atoms with Gasteiger partial charge >= 0.3 is 0 Å². The Morgan fingerprint density at radius 2 is 2.22 bits per heavy atom. The summed E-state index contributed by atoms with van der Waals surface area (Å²) in [6, 6.07) is 8.01. The number of fused-ring (bicyclic) bond motifs is 1. The lowest BCUT2D eigenvalue weighted by Gasteiger charge is -2.10. The average Bonchev–Trinajstić information content (AvgIpc) is 2.77. The molecule has 0 fully saturated rings. The molecule has 0 radical (unpaired) electrons. The van der Waals surface area contributed by atoms with Gasteiger partial charge in [-0.15, -0.1) is 0 Å². The SMILES string of the molecule is CCC(C)NCC(=O)Nc1nc2ccccc2[nH]1. The Morgan fingerprint density at radius 3 is 2.94 bits per heavy atom. The van der Waals surface area contributed by atoms with Gasteiger partial charge in [-0.2, -0.15) is 0 Å². The van der Waals surface area contributed by atoms with Crippen LogP contribution in [0.25, 0.3) is 11.0 Å². The monoisotopic (exact) mass is 246 g/mol. The number of carbonyl (C=O) groups excluding carboxylic acids is 1. The number of hydrogen-bond donors (Lipinski definition) is 3. The molecule has 1 unspecified atom stereocenters. The van der Waals surface area contributed by atoms with Gasteiger partial charge in [-0.25, -0.2) is 4.98 Å². The summed E-state index contributed by atoms with van der Waals surface area (Å²) < 4.78 is 0. The number of rotatable bonds is 5. The molecule has 1 aromatic heterocycles. The highest BCUT2D eigenvalue weighted by Crippen LogP contribution is 2.12. The van der Waals surface area contributed by atoms with E-state index in [9.17, 15) is 4.79 Å². The molecule has 0 saturated carbocycles. The molecule has 2 rings (SSSR count). The topological polar surface area (TPSA) is 69.8 Å². The molecule has 0 saturated heterocycles. The zero-order chi connectivity index (χ0) is 13.0. The maximum absolute atomic E-state index is 11.7. The summed E-state index contributed by atoms with van der Waals surface area (Å²) in [5.74, 6) is 0.404. The summed E-state index contributed by atoms with van der Waals surface area (Å²) >= 11 is 0. The minimum Gasteiger partial charge on any atom is -0.324 e. The molecule has 1 amide bonds. The number of carbonyl (C=O) groups is 1. The van der Waals surface area contributed by atoms with E-state index in [4.69, 9.17) is 0 Å². The molecule has 1 aromatic carbocycles. The van der Waals surface area contributed by atoms with Crippen LogP contribution in [0, 0.1) is 0 Å². The second-order valence-electron chi connectivity index (χ2n) is 4.34. The lowest BCUT2D eigenvalue weighted by atomic mass is 10.2. The maximum atomic E-state index is 11.7. The molecule has 0 aliphatic carbocycles. The zero-order valence-corrected chi connectivity index (χ0v) is 10.7. The fourth-order valence-corrected chi connectivity index (χ4v) is 1.60. The average molecular weight is 246 g/mol. The van der Waals surface area contributed by atoms with Crippen LogP contribution in [0.5, 0.6) is 0 Å². The highest BCUT2D eigenvalue weighted by molar-refractivity contribution is 5.92. The Bertz CT molecular complexity index is 502. The number of nitrogens with one attached hydrogen (secondary N) is 3. The summed E-state index contributed by atoms with van der Waals surface area (Å²) in [5, 5.41) is 5.88. The van der Waals surface area contributed by atoms with Crippen molar-refractivity contribution in [2.75, 3.05) is 11.9 Å². The van der Waals surface area contributed by atoms with E-state index in [0.717, 1.165) is 17.5 Å². The number of anilines is 1. The number of para-hydroxylation sites is 2. The van der Waals surface area contributed by atoms with Crippen LogP contribution >= 0.6 is 0 Å². The lowest BCUT2D eigenvalue weighted by Crippen LogP contribution is -2.34. The summed E-state index contributed by atoms with van der Waals surface area (Å²) in [4.78, 5) is 19.0. The van der Waals surface area contributed by atoms with Crippen molar-refractivity contribution in [2.45, 2.75) is 26.3 Å². The Kier molecular flexibility index (Phi) is 3.94. The van der Waals surface area contributed by atoms with Gasteiger partial charge in [0.05, 0.1) is 17.6 Å². The van der Waals surface area contributed by atoms with Gasteiger partial charge in [0, 0.05) is 6.04 Å². The molecule has 5 nitrogen and oxygen atoms in total. The van der Waals surface area contributed by atoms with Crippen molar-refractivity contribution in [1.82, 2.24) is 15.3 Å². The lowest BCUT2D eigenvalue weighted by molar-refractivity contribution is -0.115. The number of hydrogen-bond acceptors (Lipinski definition) is 3. The molecular weight excluding hydrogens is 228 g/mol. The third kappa shape index (κ3) is 3.07. The molecule has 0 aliphatic rings. The van der Waals surface area contributed by atoms with Crippen molar-refractivity contribution >= 4 is 22.9 Å². The summed E-state index contributed by atoms with van der Waals surface area (Å²) in [6.07, 6.45) is 0.998. The Labute approximate surface area is 106 Å². The minimum atomic E-state index is -0.0886. The Hall–Kier alpha value is -1.88. The third-order valence-corrected chi connectivity index (χ3v) is 2.87. The van der Waals surface area contributed by atoms with E-state index in [2.05, 4.69) is 34.4 Å². The molecule has 96 valence electrons. The van der Waals surface area contributed by atoms with Gasteiger partial charge in [-0.05, 0) is 25.5 Å². The van der Waals surface area contributed by atoms with Gasteiger partial charge in [0.25, 0.3) is 0 Å². The van der Waals surface area contributed by atoms with Crippen LogP contribution < -0.4 is 10.6 Å². The summed E-state index contributed by atoms with van der Waals surface area (Å²) in [6.45, 7) is 4.43. The normalized spacial score (nSPS) is 12.6. The number of H-pyrrole nitrogens is 1. The molecule has 0 bridgehead atoms. The van der Waals surface area contributed by atoms with Gasteiger partial charge in [0.1, 0.15) is 0 Å². The quantitative estimate of drug-likeness (QED) is 0.754. The van der Waals surface area contributed by atoms with Crippen LogP contribution in [-0.2, 0) is 4.79 Å². The van der Waals surface area contributed by atoms with E-state index in [1.54, 1.807) is 0 Å². The van der Waals surface area contributed by atoms with E-state index in [1.165, 1.54) is 0 Å². The second kappa shape index (κ2) is 5.64. The molecule has 18 heavy (non-hydrogen) atoms. The Morgan fingerprint density at radius 1 is 1.44 bits per heavy atom. The van der Waals surface area contributed by atoms with Gasteiger partial charge in [-0.3, -0.25) is 10.1 Å². The molecular formula is C13H18N4O. The molecule has 5 heteroatoms. The minimum absolute atomic E-state index is 0.0886. The highest BCUT2D eigenvalue weighted by Gasteiger charge is 2.07. The fraction of sp³-hybridized carbons (Fsp3) is 0.385. The summed E-state index contributed by atoms with van der Waals surface area (Å²) in [7, 11) is 0. The van der Waals surface area contributed by atoms with E-state index >= 15 is 0 Å². The van der Waals surface area contributed by atoms with Crippen LogP contribution in [0.3, 0.4) is 0 Å². The molecule has 0 spiro atoms. The first kappa shape index (κ1) is 12.6. The molecule has 3 N–H and O–H groups in total. The zero-order valence-electron chi connectivity index (χ0n) is 10.7. The van der Waals surface area contributed by atoms with E-state index in [0.29, 0.717) is 18.5 Å². The highest BCUT2D eigenvalue weighted by atomic mass is 16.2. The van der Waals surface area contributed by atoms with Crippen LogP contribution in [0.15, 0.2) is 24.3 Å². The standard InChI is InChI=1S/C13H18N4O/c1-3-9(2)14-8-12(18)17-13-15-10-6-4-5-7-11(10)16-13/h4-7,9,14H,3,8H2,1-2H3,(H2,15,16,17,18). The van der Waals surface area contributed by atoms with Crippen LogP contribution in [0.2, 0.25) is 0 Å². The predicted octanol–water partition coefficient (Wildman–Crippen LogP) is 1.89. The number of imidazole rings is 1. The van der Waals surface area contributed by atoms with Gasteiger partial charge in [0.15, 0.2) is 0 Å². The predicted molar refractivity (Wildman–Crippen MR) is 72.5 cm³/mol. The molecule has 0 aliphatic heterocycles. The van der Waals surface area contributed by atoms with Crippen molar-refractivity contribution in [3.8, 4) is 0 Å². The first-order valence-corrected chi connectivity index (χ1v) is 6.17. The van der Waals surface area contributed by atoms with Gasteiger partial charge in [0.2, 0.25) is 11.9 Å². The smallest absolute Gasteiger partial charge is 0.240 e.